The molecule has 7 heavy (non-hydrogen) atoms. The van der Waals surface area contributed by atoms with Crippen LogP contribution in [0.3, 0.4) is 0 Å². The minimum absolute atomic E-state index is 0.514. The minimum atomic E-state index is 0.514. The highest BCUT2D eigenvalue weighted by Gasteiger charge is 1.96. The highest BCUT2D eigenvalue weighted by atomic mass is 16.1. The number of rotatable bonds is 1. The van der Waals surface area contributed by atoms with E-state index in [9.17, 15) is 4.79 Å². The molecule has 1 aliphatic rings. The van der Waals surface area contributed by atoms with Crippen molar-refractivity contribution >= 4 is 18.2 Å². The van der Waals surface area contributed by atoms with Crippen molar-refractivity contribution in [2.24, 2.45) is 10.2 Å². The molecule has 0 unspecified atom stereocenters. The fraction of sp³-hybridized carbons (Fsp3) is 0.250. The van der Waals surface area contributed by atoms with Gasteiger partial charge in [-0.25, -0.2) is 0 Å². The van der Waals surface area contributed by atoms with Gasteiger partial charge >= 0.3 is 0 Å². The maximum absolute atomic E-state index is 9.80. The fourth-order valence-corrected chi connectivity index (χ4v) is 0.362. The Bertz CT molecular complexity index is 137. The zero-order chi connectivity index (χ0) is 5.11. The van der Waals surface area contributed by atoms with E-state index in [2.05, 4.69) is 10.2 Å². The standard InChI is InChI=1S/C4H4N2O/c7-3-4-1-2-5-6-4/h2-3H,1H2. The summed E-state index contributed by atoms with van der Waals surface area (Å²) in [5.74, 6) is 0. The number of hydrogen-bond donors (Lipinski definition) is 0. The first-order valence-electron chi connectivity index (χ1n) is 1.97. The molecule has 3 nitrogen and oxygen atoms in total. The van der Waals surface area contributed by atoms with E-state index < -0.39 is 0 Å². The average Bonchev–Trinajstić information content (AvgIpc) is 2.14. The molecule has 0 spiro atoms. The van der Waals surface area contributed by atoms with E-state index in [1.807, 2.05) is 0 Å². The van der Waals surface area contributed by atoms with Crippen LogP contribution in [0.4, 0.5) is 0 Å². The van der Waals surface area contributed by atoms with Crippen molar-refractivity contribution in [3.63, 3.8) is 0 Å². The molecule has 0 aliphatic carbocycles. The number of carbonyl (C=O) groups excluding carboxylic acids is 1. The molecule has 1 aliphatic heterocycles. The van der Waals surface area contributed by atoms with Gasteiger partial charge in [-0.1, -0.05) is 0 Å². The zero-order valence-electron chi connectivity index (χ0n) is 3.66. The first-order valence-corrected chi connectivity index (χ1v) is 1.97. The van der Waals surface area contributed by atoms with E-state index in [0.29, 0.717) is 18.4 Å². The molecular weight excluding hydrogens is 92.1 g/mol. The van der Waals surface area contributed by atoms with Crippen molar-refractivity contribution in [3.05, 3.63) is 0 Å². The number of hydrogen-bond acceptors (Lipinski definition) is 3. The van der Waals surface area contributed by atoms with Gasteiger partial charge in [0.2, 0.25) is 0 Å². The molecule has 0 saturated heterocycles. The normalized spacial score (nSPS) is 16.9. The number of nitrogens with zero attached hydrogens (tertiary/aromatic N) is 2. The first kappa shape index (κ1) is 4.18. The lowest BCUT2D eigenvalue weighted by Crippen LogP contribution is -1.93. The van der Waals surface area contributed by atoms with E-state index in [0.717, 1.165) is 0 Å². The van der Waals surface area contributed by atoms with Gasteiger partial charge in [-0.05, 0) is 0 Å². The predicted octanol–water partition coefficient (Wildman–Crippen LogP) is 0.0158. The molecule has 0 aromatic carbocycles. The summed E-state index contributed by atoms with van der Waals surface area (Å²) in [6.45, 7) is 0. The van der Waals surface area contributed by atoms with Crippen LogP contribution in [0.5, 0.6) is 0 Å². The van der Waals surface area contributed by atoms with Crippen LogP contribution in [0, 0.1) is 0 Å². The van der Waals surface area contributed by atoms with Crippen molar-refractivity contribution in [1.29, 1.82) is 0 Å². The second kappa shape index (κ2) is 1.64. The summed E-state index contributed by atoms with van der Waals surface area (Å²) in [5.41, 5.74) is 0.514. The monoisotopic (exact) mass is 96.0 g/mol. The third kappa shape index (κ3) is 0.707. The second-order valence-electron chi connectivity index (χ2n) is 1.21. The Kier molecular flexibility index (Phi) is 0.978. The Hall–Kier alpha value is -0.990. The topological polar surface area (TPSA) is 41.8 Å². The van der Waals surface area contributed by atoms with E-state index in [1.165, 1.54) is 0 Å². The van der Waals surface area contributed by atoms with Crippen molar-refractivity contribution < 1.29 is 4.79 Å². The fourth-order valence-electron chi connectivity index (χ4n) is 0.362. The van der Waals surface area contributed by atoms with Crippen LogP contribution in [0.25, 0.3) is 0 Å². The third-order valence-corrected chi connectivity index (χ3v) is 0.704. The van der Waals surface area contributed by atoms with Gasteiger partial charge in [0.25, 0.3) is 0 Å². The summed E-state index contributed by atoms with van der Waals surface area (Å²) in [5, 5.41) is 6.94. The van der Waals surface area contributed by atoms with Crippen LogP contribution < -0.4 is 0 Å². The molecular formula is C4H4N2O. The van der Waals surface area contributed by atoms with Crippen LogP contribution in [0.15, 0.2) is 10.2 Å². The summed E-state index contributed by atoms with van der Waals surface area (Å²) >= 11 is 0. The zero-order valence-corrected chi connectivity index (χ0v) is 3.66. The molecule has 3 heteroatoms. The van der Waals surface area contributed by atoms with E-state index >= 15 is 0 Å². The van der Waals surface area contributed by atoms with Crippen molar-refractivity contribution in [3.8, 4) is 0 Å². The lowest BCUT2D eigenvalue weighted by Gasteiger charge is -1.72. The van der Waals surface area contributed by atoms with Gasteiger partial charge in [0, 0.05) is 12.6 Å². The van der Waals surface area contributed by atoms with Gasteiger partial charge in [-0.2, -0.15) is 10.2 Å². The van der Waals surface area contributed by atoms with Crippen LogP contribution in [0.2, 0.25) is 0 Å². The quantitative estimate of drug-likeness (QED) is 0.424. The SMILES string of the molecule is O=CC1=NN=CC1. The van der Waals surface area contributed by atoms with Crippen molar-refractivity contribution in [2.45, 2.75) is 6.42 Å². The van der Waals surface area contributed by atoms with Crippen LogP contribution in [0.1, 0.15) is 6.42 Å². The lowest BCUT2D eigenvalue weighted by molar-refractivity contribution is -0.102. The van der Waals surface area contributed by atoms with Crippen LogP contribution >= 0.6 is 0 Å². The highest BCUT2D eigenvalue weighted by Crippen LogP contribution is 1.89. The van der Waals surface area contributed by atoms with Crippen LogP contribution in [-0.4, -0.2) is 18.2 Å². The smallest absolute Gasteiger partial charge is 0.166 e. The third-order valence-electron chi connectivity index (χ3n) is 0.704. The van der Waals surface area contributed by atoms with Gasteiger partial charge in [0.15, 0.2) is 6.29 Å². The summed E-state index contributed by atoms with van der Waals surface area (Å²) in [6.07, 6.45) is 2.92. The Morgan fingerprint density at radius 1 is 1.86 bits per heavy atom. The Morgan fingerprint density at radius 3 is 3.00 bits per heavy atom. The highest BCUT2D eigenvalue weighted by molar-refractivity contribution is 6.32. The molecule has 0 radical (unpaired) electrons. The van der Waals surface area contributed by atoms with Crippen molar-refractivity contribution in [1.82, 2.24) is 0 Å². The molecule has 0 bridgehead atoms. The summed E-state index contributed by atoms with van der Waals surface area (Å²) in [7, 11) is 0. The van der Waals surface area contributed by atoms with Gasteiger partial charge in [0.05, 0.1) is 0 Å². The number of aldehydes is 1. The number of carbonyl (C=O) groups is 1. The van der Waals surface area contributed by atoms with E-state index in [1.54, 1.807) is 6.21 Å². The molecule has 1 rings (SSSR count). The Balaban J connectivity index is 2.61. The van der Waals surface area contributed by atoms with Gasteiger partial charge < -0.3 is 0 Å². The minimum Gasteiger partial charge on any atom is -0.296 e. The maximum atomic E-state index is 9.80. The Morgan fingerprint density at radius 2 is 2.71 bits per heavy atom. The van der Waals surface area contributed by atoms with Gasteiger partial charge in [0.1, 0.15) is 5.71 Å². The largest absolute Gasteiger partial charge is 0.296 e. The van der Waals surface area contributed by atoms with E-state index in [4.69, 9.17) is 0 Å². The molecule has 0 saturated carbocycles. The first-order chi connectivity index (χ1) is 3.43. The maximum Gasteiger partial charge on any atom is 0.166 e. The Labute approximate surface area is 40.8 Å². The summed E-state index contributed by atoms with van der Waals surface area (Å²) < 4.78 is 0. The predicted molar refractivity (Wildman–Crippen MR) is 26.6 cm³/mol. The molecule has 0 aromatic heterocycles. The second-order valence-corrected chi connectivity index (χ2v) is 1.21. The molecule has 0 N–H and O–H groups in total. The van der Waals surface area contributed by atoms with E-state index in [-0.39, 0.29) is 0 Å². The van der Waals surface area contributed by atoms with Gasteiger partial charge in [-0.15, -0.1) is 0 Å². The molecule has 0 aromatic rings. The van der Waals surface area contributed by atoms with Crippen LogP contribution in [-0.2, 0) is 4.79 Å². The molecule has 0 amide bonds. The molecule has 0 atom stereocenters. The molecule has 1 heterocycles. The van der Waals surface area contributed by atoms with Crippen molar-refractivity contribution in [2.75, 3.05) is 0 Å². The lowest BCUT2D eigenvalue weighted by atomic mass is 10.3. The molecule has 36 valence electrons. The summed E-state index contributed by atoms with van der Waals surface area (Å²) in [4.78, 5) is 9.80. The summed E-state index contributed by atoms with van der Waals surface area (Å²) in [6, 6.07) is 0. The van der Waals surface area contributed by atoms with Gasteiger partial charge in [-0.3, -0.25) is 4.79 Å². The average molecular weight is 96.1 g/mol. The molecule has 0 fully saturated rings.